The van der Waals surface area contributed by atoms with E-state index in [9.17, 15) is 0 Å². The zero-order chi connectivity index (χ0) is 12.5. The van der Waals surface area contributed by atoms with Crippen LogP contribution in [0.2, 0.25) is 0 Å². The van der Waals surface area contributed by atoms with E-state index < -0.39 is 0 Å². The van der Waals surface area contributed by atoms with E-state index in [2.05, 4.69) is 37.9 Å². The molecule has 0 aromatic carbocycles. The Morgan fingerprint density at radius 1 is 1.06 bits per heavy atom. The normalized spacial score (nSPS) is 30.4. The molecule has 2 heterocycles. The Morgan fingerprint density at radius 3 is 2.24 bits per heavy atom. The van der Waals surface area contributed by atoms with Gasteiger partial charge in [-0.2, -0.15) is 0 Å². The van der Waals surface area contributed by atoms with E-state index in [-0.39, 0.29) is 0 Å². The molecule has 100 valence electrons. The van der Waals surface area contributed by atoms with Crippen molar-refractivity contribution in [2.75, 3.05) is 26.2 Å². The fourth-order valence-corrected chi connectivity index (χ4v) is 4.05. The average Bonchev–Trinajstić information content (AvgIpc) is 2.29. The predicted octanol–water partition coefficient (Wildman–Crippen LogP) is 2.74. The largest absolute Gasteiger partial charge is 0.316 e. The van der Waals surface area contributed by atoms with Crippen LogP contribution in [0.5, 0.6) is 0 Å². The molecule has 1 unspecified atom stereocenters. The topological polar surface area (TPSA) is 15.3 Å². The molecule has 2 saturated heterocycles. The maximum absolute atomic E-state index is 3.61. The lowest BCUT2D eigenvalue weighted by Gasteiger charge is -2.51. The van der Waals surface area contributed by atoms with Gasteiger partial charge in [-0.25, -0.2) is 0 Å². The maximum atomic E-state index is 3.61. The summed E-state index contributed by atoms with van der Waals surface area (Å²) in [6.07, 6.45) is 4.26. The van der Waals surface area contributed by atoms with Gasteiger partial charge in [0.15, 0.2) is 0 Å². The molecule has 2 nitrogen and oxygen atoms in total. The number of hydrogen-bond donors (Lipinski definition) is 1. The van der Waals surface area contributed by atoms with E-state index in [0.717, 1.165) is 17.9 Å². The van der Waals surface area contributed by atoms with Crippen LogP contribution in [0.3, 0.4) is 0 Å². The van der Waals surface area contributed by atoms with Crippen LogP contribution in [0.1, 0.15) is 47.0 Å². The maximum Gasteiger partial charge on any atom is 0.00385 e. The second-order valence-corrected chi connectivity index (χ2v) is 6.80. The first-order chi connectivity index (χ1) is 8.05. The molecule has 1 atom stereocenters. The minimum atomic E-state index is 0.658. The molecule has 1 N–H and O–H groups in total. The average molecular weight is 238 g/mol. The first-order valence-corrected chi connectivity index (χ1v) is 7.50. The van der Waals surface area contributed by atoms with Crippen LogP contribution in [-0.2, 0) is 0 Å². The van der Waals surface area contributed by atoms with Crippen LogP contribution in [0, 0.1) is 17.3 Å². The number of likely N-dealkylation sites (tertiary alicyclic amines) is 1. The van der Waals surface area contributed by atoms with Crippen molar-refractivity contribution in [3.8, 4) is 0 Å². The van der Waals surface area contributed by atoms with Crippen molar-refractivity contribution >= 4 is 0 Å². The minimum Gasteiger partial charge on any atom is -0.316 e. The highest BCUT2D eigenvalue weighted by Crippen LogP contribution is 2.46. The van der Waals surface area contributed by atoms with Crippen LogP contribution < -0.4 is 5.32 Å². The molecular formula is C15H30N2. The second kappa shape index (κ2) is 5.27. The molecule has 0 radical (unpaired) electrons. The van der Waals surface area contributed by atoms with Crippen molar-refractivity contribution in [1.82, 2.24) is 10.2 Å². The summed E-state index contributed by atoms with van der Waals surface area (Å²) in [4.78, 5) is 2.66. The molecule has 2 aliphatic rings. The van der Waals surface area contributed by atoms with E-state index in [1.165, 1.54) is 45.4 Å². The van der Waals surface area contributed by atoms with Gasteiger partial charge >= 0.3 is 0 Å². The number of piperidine rings is 2. The van der Waals surface area contributed by atoms with Gasteiger partial charge in [-0.05, 0) is 76.5 Å². The Labute approximate surface area is 107 Å². The van der Waals surface area contributed by atoms with Crippen molar-refractivity contribution in [3.63, 3.8) is 0 Å². The van der Waals surface area contributed by atoms with Gasteiger partial charge in [-0.3, -0.25) is 0 Å². The van der Waals surface area contributed by atoms with Crippen molar-refractivity contribution in [2.24, 2.45) is 17.3 Å². The van der Waals surface area contributed by atoms with Gasteiger partial charge in [-0.15, -0.1) is 0 Å². The Balaban J connectivity index is 2.03. The van der Waals surface area contributed by atoms with E-state index in [4.69, 9.17) is 0 Å². The van der Waals surface area contributed by atoms with E-state index in [1.807, 2.05) is 0 Å². The summed E-state index contributed by atoms with van der Waals surface area (Å²) in [5.74, 6) is 1.72. The summed E-state index contributed by atoms with van der Waals surface area (Å²) < 4.78 is 0. The number of rotatable bonds is 2. The predicted molar refractivity (Wildman–Crippen MR) is 74.2 cm³/mol. The molecule has 0 bridgehead atoms. The molecule has 2 rings (SSSR count). The van der Waals surface area contributed by atoms with Gasteiger partial charge < -0.3 is 10.2 Å². The molecular weight excluding hydrogens is 208 g/mol. The first kappa shape index (κ1) is 13.4. The fourth-order valence-electron chi connectivity index (χ4n) is 4.05. The quantitative estimate of drug-likeness (QED) is 0.796. The molecule has 0 aromatic rings. The highest BCUT2D eigenvalue weighted by molar-refractivity contribution is 4.96. The Hall–Kier alpha value is -0.0800. The molecule has 0 saturated carbocycles. The van der Waals surface area contributed by atoms with Gasteiger partial charge in [0.2, 0.25) is 0 Å². The van der Waals surface area contributed by atoms with E-state index in [1.54, 1.807) is 0 Å². The molecule has 0 amide bonds. The first-order valence-electron chi connectivity index (χ1n) is 7.50. The smallest absolute Gasteiger partial charge is 0.00385 e. The third-order valence-corrected chi connectivity index (χ3v) is 5.28. The van der Waals surface area contributed by atoms with Crippen LogP contribution in [0.25, 0.3) is 0 Å². The van der Waals surface area contributed by atoms with Crippen molar-refractivity contribution in [1.29, 1.82) is 0 Å². The standard InChI is InChI=1S/C15H30N2/c1-12(2)14-11-16-8-5-15(14)6-9-17(10-7-15)13(3)4/h12-14,16H,5-11H2,1-4H3. The van der Waals surface area contributed by atoms with Crippen LogP contribution in [0.4, 0.5) is 0 Å². The number of nitrogens with one attached hydrogen (secondary N) is 1. The minimum absolute atomic E-state index is 0.658. The van der Waals surface area contributed by atoms with Gasteiger partial charge in [0, 0.05) is 6.04 Å². The van der Waals surface area contributed by atoms with E-state index >= 15 is 0 Å². The molecule has 2 fully saturated rings. The number of hydrogen-bond acceptors (Lipinski definition) is 2. The highest BCUT2D eigenvalue weighted by Gasteiger charge is 2.43. The molecule has 0 aromatic heterocycles. The zero-order valence-corrected chi connectivity index (χ0v) is 12.1. The lowest BCUT2D eigenvalue weighted by Crippen LogP contribution is -2.53. The van der Waals surface area contributed by atoms with Gasteiger partial charge in [0.1, 0.15) is 0 Å². The number of nitrogens with zero attached hydrogens (tertiary/aromatic N) is 1. The Kier molecular flexibility index (Phi) is 4.14. The van der Waals surface area contributed by atoms with Crippen molar-refractivity contribution in [2.45, 2.75) is 53.0 Å². The summed E-state index contributed by atoms with van der Waals surface area (Å²) in [6.45, 7) is 14.6. The van der Waals surface area contributed by atoms with Crippen LogP contribution in [0.15, 0.2) is 0 Å². The van der Waals surface area contributed by atoms with Gasteiger partial charge in [-0.1, -0.05) is 13.8 Å². The molecule has 2 aliphatic heterocycles. The van der Waals surface area contributed by atoms with Crippen LogP contribution >= 0.6 is 0 Å². The molecule has 17 heavy (non-hydrogen) atoms. The van der Waals surface area contributed by atoms with Gasteiger partial charge in [0.25, 0.3) is 0 Å². The summed E-state index contributed by atoms with van der Waals surface area (Å²) in [5.41, 5.74) is 0.658. The Morgan fingerprint density at radius 2 is 1.71 bits per heavy atom. The highest BCUT2D eigenvalue weighted by atomic mass is 15.2. The zero-order valence-electron chi connectivity index (χ0n) is 12.1. The summed E-state index contributed by atoms with van der Waals surface area (Å²) in [6, 6.07) is 0.728. The Bertz CT molecular complexity index is 239. The lowest BCUT2D eigenvalue weighted by molar-refractivity contribution is -0.00662. The monoisotopic (exact) mass is 238 g/mol. The molecule has 1 spiro atoms. The molecule has 2 heteroatoms. The third kappa shape index (κ3) is 2.68. The summed E-state index contributed by atoms with van der Waals surface area (Å²) >= 11 is 0. The van der Waals surface area contributed by atoms with Crippen molar-refractivity contribution in [3.05, 3.63) is 0 Å². The summed E-state index contributed by atoms with van der Waals surface area (Å²) in [5, 5.41) is 3.61. The van der Waals surface area contributed by atoms with Crippen molar-refractivity contribution < 1.29 is 0 Å². The van der Waals surface area contributed by atoms with Crippen LogP contribution in [-0.4, -0.2) is 37.1 Å². The van der Waals surface area contributed by atoms with E-state index in [0.29, 0.717) is 5.41 Å². The van der Waals surface area contributed by atoms with Gasteiger partial charge in [0.05, 0.1) is 0 Å². The fraction of sp³-hybridized carbons (Fsp3) is 1.00. The SMILES string of the molecule is CC(C)C1CNCCC12CCN(C(C)C)CC2. The lowest BCUT2D eigenvalue weighted by atomic mass is 9.61. The molecule has 0 aliphatic carbocycles. The second-order valence-electron chi connectivity index (χ2n) is 6.80. The summed E-state index contributed by atoms with van der Waals surface area (Å²) in [7, 11) is 0. The third-order valence-electron chi connectivity index (χ3n) is 5.28.